The Bertz CT molecular complexity index is 1260. The van der Waals surface area contributed by atoms with Crippen LogP contribution in [0.25, 0.3) is 11.4 Å². The number of carbonyl (C=O) groups is 2. The van der Waals surface area contributed by atoms with E-state index in [4.69, 9.17) is 17.3 Å². The number of benzene rings is 2. The highest BCUT2D eigenvalue weighted by Gasteiger charge is 2.40. The lowest BCUT2D eigenvalue weighted by molar-refractivity contribution is 0.0523. The lowest BCUT2D eigenvalue weighted by atomic mass is 9.68. The summed E-state index contributed by atoms with van der Waals surface area (Å²) in [6.45, 7) is 3.65. The third-order valence-electron chi connectivity index (χ3n) is 7.71. The lowest BCUT2D eigenvalue weighted by Crippen LogP contribution is -2.50. The zero-order valence-electron chi connectivity index (χ0n) is 19.9. The molecule has 1 aliphatic heterocycles. The van der Waals surface area contributed by atoms with Crippen molar-refractivity contribution in [1.29, 1.82) is 0 Å². The number of halogens is 1. The molecule has 2 aliphatic rings. The molecule has 1 aromatic heterocycles. The van der Waals surface area contributed by atoms with E-state index in [0.717, 1.165) is 36.3 Å². The molecule has 0 bridgehead atoms. The minimum absolute atomic E-state index is 0.0797. The number of nitrogens with zero attached hydrogens (tertiary/aromatic N) is 4. The summed E-state index contributed by atoms with van der Waals surface area (Å²) in [4.78, 5) is 27.5. The van der Waals surface area contributed by atoms with Crippen LogP contribution in [0, 0.1) is 0 Å². The second kappa shape index (κ2) is 9.55. The Hall–Kier alpha value is -3.03. The topological polar surface area (TPSA) is 94.1 Å². The van der Waals surface area contributed by atoms with E-state index in [2.05, 4.69) is 16.3 Å². The second-order valence-electron chi connectivity index (χ2n) is 9.58. The van der Waals surface area contributed by atoms with Crippen LogP contribution in [0.15, 0.2) is 48.5 Å². The molecule has 35 heavy (non-hydrogen) atoms. The lowest BCUT2D eigenvalue weighted by Gasteiger charge is -2.44. The molecule has 0 saturated heterocycles. The maximum Gasteiger partial charge on any atom is 0.292 e. The number of fused-ring (bicyclic) bond motifs is 1. The summed E-state index contributed by atoms with van der Waals surface area (Å²) in [5.41, 5.74) is 8.80. The first-order valence-corrected chi connectivity index (χ1v) is 12.7. The van der Waals surface area contributed by atoms with Crippen LogP contribution in [-0.4, -0.2) is 50.5 Å². The Morgan fingerprint density at radius 1 is 1.09 bits per heavy atom. The normalized spacial score (nSPS) is 22.2. The fourth-order valence-electron chi connectivity index (χ4n) is 5.60. The smallest absolute Gasteiger partial charge is 0.292 e. The first kappa shape index (κ1) is 23.7. The van der Waals surface area contributed by atoms with Crippen molar-refractivity contribution in [3.8, 4) is 11.4 Å². The Morgan fingerprint density at radius 2 is 1.83 bits per heavy atom. The van der Waals surface area contributed by atoms with Crippen LogP contribution in [0.5, 0.6) is 0 Å². The van der Waals surface area contributed by atoms with Gasteiger partial charge in [0.2, 0.25) is 5.82 Å². The Kier molecular flexibility index (Phi) is 6.47. The summed E-state index contributed by atoms with van der Waals surface area (Å²) in [5.74, 6) is 0.995. The summed E-state index contributed by atoms with van der Waals surface area (Å²) in [6.07, 6.45) is 4.04. The van der Waals surface area contributed by atoms with E-state index in [1.165, 1.54) is 5.56 Å². The average Bonchev–Trinajstić information content (AvgIpc) is 3.34. The fourth-order valence-corrected chi connectivity index (χ4v) is 5.79. The van der Waals surface area contributed by atoms with E-state index in [-0.39, 0.29) is 23.1 Å². The molecule has 1 amide bonds. The quantitative estimate of drug-likeness (QED) is 0.513. The van der Waals surface area contributed by atoms with Crippen LogP contribution < -0.4 is 5.73 Å². The molecule has 1 saturated carbocycles. The number of Topliss-reactive ketones (excluding diaryl/α,β-unsaturated/α-hetero) is 1. The van der Waals surface area contributed by atoms with Crippen LogP contribution in [0.2, 0.25) is 5.02 Å². The predicted octanol–water partition coefficient (Wildman–Crippen LogP) is 4.49. The van der Waals surface area contributed by atoms with Gasteiger partial charge in [0.1, 0.15) is 0 Å². The Balaban J connectivity index is 1.33. The van der Waals surface area contributed by atoms with Gasteiger partial charge < -0.3 is 15.2 Å². The van der Waals surface area contributed by atoms with Crippen molar-refractivity contribution in [2.24, 2.45) is 5.73 Å². The number of hydrogen-bond acceptors (Lipinski definition) is 5. The van der Waals surface area contributed by atoms with Gasteiger partial charge in [-0.05, 0) is 49.4 Å². The molecule has 2 heterocycles. The van der Waals surface area contributed by atoms with E-state index in [0.29, 0.717) is 43.3 Å². The van der Waals surface area contributed by atoms with Gasteiger partial charge in [-0.2, -0.15) is 0 Å². The van der Waals surface area contributed by atoms with E-state index < -0.39 is 0 Å². The van der Waals surface area contributed by atoms with Gasteiger partial charge in [0.15, 0.2) is 11.6 Å². The van der Waals surface area contributed by atoms with Gasteiger partial charge in [0.25, 0.3) is 5.91 Å². The number of rotatable bonds is 6. The number of nitrogens with two attached hydrogens (primary N) is 1. The van der Waals surface area contributed by atoms with Crippen molar-refractivity contribution in [1.82, 2.24) is 19.7 Å². The van der Waals surface area contributed by atoms with Crippen molar-refractivity contribution in [2.75, 3.05) is 13.1 Å². The first-order chi connectivity index (χ1) is 17.0. The molecule has 8 heteroatoms. The summed E-state index contributed by atoms with van der Waals surface area (Å²) >= 11 is 6.25. The van der Waals surface area contributed by atoms with Gasteiger partial charge in [-0.1, -0.05) is 48.9 Å². The zero-order valence-corrected chi connectivity index (χ0v) is 20.7. The highest BCUT2D eigenvalue weighted by molar-refractivity contribution is 6.30. The Labute approximate surface area is 210 Å². The van der Waals surface area contributed by atoms with Gasteiger partial charge in [-0.15, -0.1) is 10.2 Å². The molecule has 7 nitrogen and oxygen atoms in total. The molecule has 0 spiro atoms. The molecule has 2 aromatic carbocycles. The number of hydrogen-bond donors (Lipinski definition) is 1. The standard InChI is InChI=1S/C27H30ClN5O2/c1-2-23(34)18-5-3-6-19(15-18)24-30-31-25-26(35)32(13-14-33(24)25)22-9-11-27(17-29,12-10-22)20-7-4-8-21(28)16-20/h3-8,15-16,22H,2,9-14,17,29H2,1H3. The molecule has 2 N–H and O–H groups in total. The molecule has 0 radical (unpaired) electrons. The number of amides is 1. The van der Waals surface area contributed by atoms with Gasteiger partial charge in [-0.3, -0.25) is 9.59 Å². The van der Waals surface area contributed by atoms with Crippen molar-refractivity contribution in [2.45, 2.75) is 57.0 Å². The Morgan fingerprint density at radius 3 is 2.54 bits per heavy atom. The summed E-state index contributed by atoms with van der Waals surface area (Å²) in [6, 6.07) is 15.6. The van der Waals surface area contributed by atoms with Crippen LogP contribution in [0.3, 0.4) is 0 Å². The largest absolute Gasteiger partial charge is 0.331 e. The maximum absolute atomic E-state index is 13.4. The van der Waals surface area contributed by atoms with Crippen LogP contribution >= 0.6 is 11.6 Å². The molecule has 0 atom stereocenters. The van der Waals surface area contributed by atoms with E-state index >= 15 is 0 Å². The van der Waals surface area contributed by atoms with Crippen molar-refractivity contribution in [3.63, 3.8) is 0 Å². The van der Waals surface area contributed by atoms with E-state index in [9.17, 15) is 9.59 Å². The molecule has 0 unspecified atom stereocenters. The molecule has 5 rings (SSSR count). The highest BCUT2D eigenvalue weighted by atomic mass is 35.5. The molecule has 1 aliphatic carbocycles. The van der Waals surface area contributed by atoms with E-state index in [1.807, 2.05) is 58.9 Å². The first-order valence-electron chi connectivity index (χ1n) is 12.3. The number of carbonyl (C=O) groups excluding carboxylic acids is 2. The minimum Gasteiger partial charge on any atom is -0.331 e. The monoisotopic (exact) mass is 491 g/mol. The average molecular weight is 492 g/mol. The van der Waals surface area contributed by atoms with Gasteiger partial charge in [0.05, 0.1) is 0 Å². The molecular weight excluding hydrogens is 462 g/mol. The van der Waals surface area contributed by atoms with Crippen molar-refractivity contribution >= 4 is 23.3 Å². The summed E-state index contributed by atoms with van der Waals surface area (Å²) < 4.78 is 1.88. The third kappa shape index (κ3) is 4.28. The molecular formula is C27H30ClN5O2. The van der Waals surface area contributed by atoms with Crippen molar-refractivity contribution in [3.05, 3.63) is 70.5 Å². The minimum atomic E-state index is -0.103. The summed E-state index contributed by atoms with van der Waals surface area (Å²) in [7, 11) is 0. The molecule has 1 fully saturated rings. The van der Waals surface area contributed by atoms with Crippen LogP contribution in [0.4, 0.5) is 0 Å². The number of aromatic nitrogens is 3. The fraction of sp³-hybridized carbons (Fsp3) is 0.407. The summed E-state index contributed by atoms with van der Waals surface area (Å²) in [5, 5.41) is 9.32. The second-order valence-corrected chi connectivity index (χ2v) is 10.0. The van der Waals surface area contributed by atoms with Gasteiger partial charge in [-0.25, -0.2) is 0 Å². The maximum atomic E-state index is 13.4. The SMILES string of the molecule is CCC(=O)c1cccc(-c2nnc3n2CCN(C2CCC(CN)(c4cccc(Cl)c4)CC2)C3=O)c1. The third-order valence-corrected chi connectivity index (χ3v) is 7.95. The van der Waals surface area contributed by atoms with Gasteiger partial charge >= 0.3 is 0 Å². The van der Waals surface area contributed by atoms with Crippen molar-refractivity contribution < 1.29 is 9.59 Å². The van der Waals surface area contributed by atoms with Crippen LogP contribution in [-0.2, 0) is 12.0 Å². The molecule has 182 valence electrons. The zero-order chi connectivity index (χ0) is 24.6. The molecule has 3 aromatic rings. The van der Waals surface area contributed by atoms with Gasteiger partial charge in [0, 0.05) is 53.7 Å². The van der Waals surface area contributed by atoms with E-state index in [1.54, 1.807) is 0 Å². The number of ketones is 1. The van der Waals surface area contributed by atoms with Crippen LogP contribution in [0.1, 0.15) is 65.6 Å². The predicted molar refractivity (Wildman–Crippen MR) is 136 cm³/mol. The highest BCUT2D eigenvalue weighted by Crippen LogP contribution is 2.41.